The summed E-state index contributed by atoms with van der Waals surface area (Å²) in [7, 11) is 0. The normalized spacial score (nSPS) is 20.3. The van der Waals surface area contributed by atoms with Crippen LogP contribution < -0.4 is 4.90 Å². The number of hydrogen-bond donors (Lipinski definition) is 0. The second kappa shape index (κ2) is 9.00. The van der Waals surface area contributed by atoms with Gasteiger partial charge in [0.2, 0.25) is 0 Å². The molecule has 2 aromatic rings. The summed E-state index contributed by atoms with van der Waals surface area (Å²) in [5.74, 6) is 0.102. The van der Waals surface area contributed by atoms with E-state index in [0.717, 1.165) is 52.1 Å². The fourth-order valence-electron chi connectivity index (χ4n) is 4.71. The maximum Gasteiger partial charge on any atom is 0.253 e. The molecule has 2 saturated heterocycles. The Kier molecular flexibility index (Phi) is 6.18. The fraction of sp³-hybridized carbons (Fsp3) is 0.440. The maximum atomic E-state index is 13.0. The molecule has 0 saturated carbocycles. The Balaban J connectivity index is 1.36. The average molecular weight is 406 g/mol. The molecule has 1 amide bonds. The van der Waals surface area contributed by atoms with Gasteiger partial charge in [-0.05, 0) is 50.5 Å². The predicted molar refractivity (Wildman–Crippen MR) is 120 cm³/mol. The number of carbonyl (C=O) groups is 2. The molecule has 5 heteroatoms. The quantitative estimate of drug-likeness (QED) is 0.729. The van der Waals surface area contributed by atoms with Crippen LogP contribution in [0.4, 0.5) is 5.69 Å². The standard InChI is InChI=1S/C25H31N3O2/c1-19-6-3-4-8-24(19)27-16-14-26(15-17-27)23-7-5-13-28(18-23)25(30)22-11-9-21(10-12-22)20(2)29/h3-4,6,8-12,23H,5,7,13-18H2,1-2H3/t23-/m1/s1. The zero-order valence-electron chi connectivity index (χ0n) is 18.0. The molecule has 2 aliphatic rings. The van der Waals surface area contributed by atoms with E-state index in [9.17, 15) is 9.59 Å². The molecule has 2 heterocycles. The summed E-state index contributed by atoms with van der Waals surface area (Å²) >= 11 is 0. The van der Waals surface area contributed by atoms with Crippen LogP contribution in [0.15, 0.2) is 48.5 Å². The Morgan fingerprint density at radius 3 is 2.20 bits per heavy atom. The van der Waals surface area contributed by atoms with Crippen LogP contribution in [0, 0.1) is 6.92 Å². The monoisotopic (exact) mass is 405 g/mol. The van der Waals surface area contributed by atoms with E-state index in [2.05, 4.69) is 41.0 Å². The van der Waals surface area contributed by atoms with Crippen LogP contribution >= 0.6 is 0 Å². The first-order chi connectivity index (χ1) is 14.5. The van der Waals surface area contributed by atoms with Crippen molar-refractivity contribution in [2.45, 2.75) is 32.7 Å². The maximum absolute atomic E-state index is 13.0. The van der Waals surface area contributed by atoms with E-state index < -0.39 is 0 Å². The van der Waals surface area contributed by atoms with Gasteiger partial charge in [-0.25, -0.2) is 0 Å². The van der Waals surface area contributed by atoms with E-state index in [1.807, 2.05) is 4.90 Å². The van der Waals surface area contributed by atoms with Gasteiger partial charge in [0.1, 0.15) is 0 Å². The summed E-state index contributed by atoms with van der Waals surface area (Å²) in [6, 6.07) is 16.1. The Hall–Kier alpha value is -2.66. The van der Waals surface area contributed by atoms with Crippen molar-refractivity contribution in [3.63, 3.8) is 0 Å². The van der Waals surface area contributed by atoms with E-state index in [4.69, 9.17) is 0 Å². The number of nitrogens with zero attached hydrogens (tertiary/aromatic N) is 3. The SMILES string of the molecule is CC(=O)c1ccc(C(=O)N2CCC[C@@H](N3CCN(c4ccccc4C)CC3)C2)cc1. The van der Waals surface area contributed by atoms with Crippen LogP contribution in [-0.2, 0) is 0 Å². The van der Waals surface area contributed by atoms with Crippen molar-refractivity contribution < 1.29 is 9.59 Å². The number of rotatable bonds is 4. The van der Waals surface area contributed by atoms with Gasteiger partial charge in [0.25, 0.3) is 5.91 Å². The lowest BCUT2D eigenvalue weighted by molar-refractivity contribution is 0.0563. The predicted octanol–water partition coefficient (Wildman–Crippen LogP) is 3.62. The van der Waals surface area contributed by atoms with Crippen LogP contribution in [0.3, 0.4) is 0 Å². The second-order valence-corrected chi connectivity index (χ2v) is 8.49. The number of likely N-dealkylation sites (tertiary alicyclic amines) is 1. The van der Waals surface area contributed by atoms with Crippen molar-refractivity contribution in [2.24, 2.45) is 0 Å². The first-order valence-electron chi connectivity index (χ1n) is 11.0. The summed E-state index contributed by atoms with van der Waals surface area (Å²) in [5.41, 5.74) is 3.99. The minimum Gasteiger partial charge on any atom is -0.369 e. The van der Waals surface area contributed by atoms with Gasteiger partial charge >= 0.3 is 0 Å². The Morgan fingerprint density at radius 1 is 0.867 bits per heavy atom. The molecule has 2 aromatic carbocycles. The van der Waals surface area contributed by atoms with Gasteiger partial charge < -0.3 is 9.80 Å². The lowest BCUT2D eigenvalue weighted by Gasteiger charge is -2.44. The highest BCUT2D eigenvalue weighted by atomic mass is 16.2. The molecule has 0 aliphatic carbocycles. The summed E-state index contributed by atoms with van der Waals surface area (Å²) < 4.78 is 0. The van der Waals surface area contributed by atoms with Gasteiger partial charge in [0, 0.05) is 62.1 Å². The molecule has 0 radical (unpaired) electrons. The summed E-state index contributed by atoms with van der Waals surface area (Å²) in [4.78, 5) is 31.5. The van der Waals surface area contributed by atoms with E-state index in [0.29, 0.717) is 17.2 Å². The molecule has 2 aliphatic heterocycles. The van der Waals surface area contributed by atoms with Crippen molar-refractivity contribution in [3.8, 4) is 0 Å². The van der Waals surface area contributed by atoms with E-state index in [1.54, 1.807) is 31.2 Å². The van der Waals surface area contributed by atoms with Gasteiger partial charge in [-0.1, -0.05) is 30.3 Å². The molecule has 30 heavy (non-hydrogen) atoms. The number of Topliss-reactive ketones (excluding diaryl/α,β-unsaturated/α-hetero) is 1. The highest BCUT2D eigenvalue weighted by Crippen LogP contribution is 2.24. The summed E-state index contributed by atoms with van der Waals surface area (Å²) in [6.45, 7) is 9.46. The minimum absolute atomic E-state index is 0.0249. The Labute approximate surface area is 179 Å². The van der Waals surface area contributed by atoms with E-state index >= 15 is 0 Å². The van der Waals surface area contributed by atoms with Crippen LogP contribution in [0.5, 0.6) is 0 Å². The number of ketones is 1. The molecule has 0 spiro atoms. The van der Waals surface area contributed by atoms with Crippen molar-refractivity contribution in [3.05, 3.63) is 65.2 Å². The highest BCUT2D eigenvalue weighted by molar-refractivity contribution is 5.97. The smallest absolute Gasteiger partial charge is 0.253 e. The average Bonchev–Trinajstić information content (AvgIpc) is 2.79. The second-order valence-electron chi connectivity index (χ2n) is 8.49. The number of aryl methyl sites for hydroxylation is 1. The molecule has 0 N–H and O–H groups in total. The molecule has 0 bridgehead atoms. The number of piperazine rings is 1. The molecule has 0 unspecified atom stereocenters. The number of hydrogen-bond acceptors (Lipinski definition) is 4. The number of benzene rings is 2. The van der Waals surface area contributed by atoms with Crippen LogP contribution in [0.2, 0.25) is 0 Å². The van der Waals surface area contributed by atoms with E-state index in [1.165, 1.54) is 11.3 Å². The lowest BCUT2D eigenvalue weighted by atomic mass is 10.0. The number of anilines is 1. The molecule has 5 nitrogen and oxygen atoms in total. The topological polar surface area (TPSA) is 43.9 Å². The van der Waals surface area contributed by atoms with Gasteiger partial charge in [-0.15, -0.1) is 0 Å². The van der Waals surface area contributed by atoms with Crippen LogP contribution in [-0.4, -0.2) is 66.8 Å². The van der Waals surface area contributed by atoms with Crippen molar-refractivity contribution in [1.82, 2.24) is 9.80 Å². The lowest BCUT2D eigenvalue weighted by Crippen LogP contribution is -2.56. The molecular weight excluding hydrogens is 374 g/mol. The third kappa shape index (κ3) is 4.41. The zero-order valence-corrected chi connectivity index (χ0v) is 18.0. The van der Waals surface area contributed by atoms with Crippen molar-refractivity contribution >= 4 is 17.4 Å². The van der Waals surface area contributed by atoms with Crippen LogP contribution in [0.1, 0.15) is 46.0 Å². The van der Waals surface area contributed by atoms with E-state index in [-0.39, 0.29) is 11.7 Å². The number of amides is 1. The first kappa shape index (κ1) is 20.6. The number of piperidine rings is 1. The summed E-state index contributed by atoms with van der Waals surface area (Å²) in [5, 5.41) is 0. The zero-order chi connectivity index (χ0) is 21.1. The third-order valence-electron chi connectivity index (χ3n) is 6.51. The number of carbonyl (C=O) groups excluding carboxylic acids is 2. The Bertz CT molecular complexity index is 901. The molecule has 4 rings (SSSR count). The molecule has 0 aromatic heterocycles. The van der Waals surface area contributed by atoms with Crippen LogP contribution in [0.25, 0.3) is 0 Å². The molecule has 2 fully saturated rings. The first-order valence-corrected chi connectivity index (χ1v) is 11.0. The Morgan fingerprint density at radius 2 is 1.53 bits per heavy atom. The highest BCUT2D eigenvalue weighted by Gasteiger charge is 2.30. The molecule has 158 valence electrons. The van der Waals surface area contributed by atoms with Crippen molar-refractivity contribution in [1.29, 1.82) is 0 Å². The number of para-hydroxylation sites is 1. The third-order valence-corrected chi connectivity index (χ3v) is 6.51. The van der Waals surface area contributed by atoms with Gasteiger partial charge in [0.05, 0.1) is 0 Å². The fourth-order valence-corrected chi connectivity index (χ4v) is 4.71. The van der Waals surface area contributed by atoms with Gasteiger partial charge in [0.15, 0.2) is 5.78 Å². The minimum atomic E-state index is 0.0249. The van der Waals surface area contributed by atoms with Gasteiger partial charge in [-0.2, -0.15) is 0 Å². The summed E-state index contributed by atoms with van der Waals surface area (Å²) in [6.07, 6.45) is 2.19. The molecular formula is C25H31N3O2. The van der Waals surface area contributed by atoms with Gasteiger partial charge in [-0.3, -0.25) is 14.5 Å². The van der Waals surface area contributed by atoms with Crippen molar-refractivity contribution in [2.75, 3.05) is 44.2 Å². The largest absolute Gasteiger partial charge is 0.369 e. The molecule has 1 atom stereocenters.